The first-order valence-electron chi connectivity index (χ1n) is 11.1. The molecule has 1 aliphatic heterocycles. The standard InChI is InChI=1S/C25H26Cl2N4S/c1-15-14-18(16(2)30(15)21-12-7-10-19(26)22(21)27)24-23(20-11-5-6-13-28-20)29-25(32)31(24)17-8-3-4-9-17/h5-7,10-14,17,23-24H,3-4,8-9H2,1-2H3,(H,29,32)/t23-,24-/m0/s1. The zero-order valence-electron chi connectivity index (χ0n) is 18.2. The van der Waals surface area contributed by atoms with Gasteiger partial charge in [-0.1, -0.05) is 48.2 Å². The first-order chi connectivity index (χ1) is 15.5. The van der Waals surface area contributed by atoms with Crippen LogP contribution in [0.15, 0.2) is 48.7 Å². The van der Waals surface area contributed by atoms with E-state index in [4.69, 9.17) is 35.4 Å². The smallest absolute Gasteiger partial charge is 0.170 e. The fraction of sp³-hybridized carbons (Fsp3) is 0.360. The lowest BCUT2D eigenvalue weighted by molar-refractivity contribution is 0.245. The van der Waals surface area contributed by atoms with Crippen LogP contribution in [0.3, 0.4) is 0 Å². The highest BCUT2D eigenvalue weighted by Gasteiger charge is 2.44. The molecule has 3 heterocycles. The summed E-state index contributed by atoms with van der Waals surface area (Å²) in [6.07, 6.45) is 6.70. The summed E-state index contributed by atoms with van der Waals surface area (Å²) in [5.74, 6) is 0. The minimum absolute atomic E-state index is 0.00640. The van der Waals surface area contributed by atoms with Crippen molar-refractivity contribution in [3.8, 4) is 5.69 Å². The molecule has 7 heteroatoms. The first kappa shape index (κ1) is 21.7. The summed E-state index contributed by atoms with van der Waals surface area (Å²) in [6.45, 7) is 4.27. The summed E-state index contributed by atoms with van der Waals surface area (Å²) in [6, 6.07) is 14.6. The van der Waals surface area contributed by atoms with Crippen molar-refractivity contribution in [1.82, 2.24) is 19.8 Å². The number of hydrogen-bond acceptors (Lipinski definition) is 2. The van der Waals surface area contributed by atoms with E-state index >= 15 is 0 Å². The molecule has 1 saturated carbocycles. The van der Waals surface area contributed by atoms with Gasteiger partial charge in [-0.3, -0.25) is 4.98 Å². The molecule has 0 unspecified atom stereocenters. The third-order valence-electron chi connectivity index (χ3n) is 6.81. The largest absolute Gasteiger partial charge is 0.352 e. The van der Waals surface area contributed by atoms with Gasteiger partial charge in [0.25, 0.3) is 0 Å². The van der Waals surface area contributed by atoms with Gasteiger partial charge in [0, 0.05) is 23.6 Å². The van der Waals surface area contributed by atoms with Crippen LogP contribution >= 0.6 is 35.4 Å². The number of rotatable bonds is 4. The summed E-state index contributed by atoms with van der Waals surface area (Å²) >= 11 is 18.8. The highest BCUT2D eigenvalue weighted by Crippen LogP contribution is 2.45. The van der Waals surface area contributed by atoms with Crippen LogP contribution in [0.4, 0.5) is 0 Å². The zero-order valence-corrected chi connectivity index (χ0v) is 20.5. The minimum Gasteiger partial charge on any atom is -0.352 e. The molecule has 166 valence electrons. The molecule has 2 atom stereocenters. The van der Waals surface area contributed by atoms with Gasteiger partial charge in [0.2, 0.25) is 0 Å². The number of hydrogen-bond donors (Lipinski definition) is 1. The zero-order chi connectivity index (χ0) is 22.4. The van der Waals surface area contributed by atoms with Crippen LogP contribution in [0.25, 0.3) is 5.69 Å². The lowest BCUT2D eigenvalue weighted by Crippen LogP contribution is -2.37. The van der Waals surface area contributed by atoms with Crippen molar-refractivity contribution >= 4 is 40.5 Å². The normalized spacial score (nSPS) is 21.4. The Bertz CT molecular complexity index is 1150. The number of pyridine rings is 1. The van der Waals surface area contributed by atoms with E-state index in [1.54, 1.807) is 0 Å². The topological polar surface area (TPSA) is 33.1 Å². The lowest BCUT2D eigenvalue weighted by Gasteiger charge is -2.33. The molecule has 0 bridgehead atoms. The maximum atomic E-state index is 6.61. The summed E-state index contributed by atoms with van der Waals surface area (Å²) in [4.78, 5) is 7.12. The molecule has 3 aromatic rings. The summed E-state index contributed by atoms with van der Waals surface area (Å²) in [5.41, 5.74) is 5.41. The quantitative estimate of drug-likeness (QED) is 0.417. The molecule has 1 saturated heterocycles. The van der Waals surface area contributed by atoms with Gasteiger partial charge in [0.15, 0.2) is 5.11 Å². The van der Waals surface area contributed by atoms with E-state index in [2.05, 4.69) is 45.7 Å². The van der Waals surface area contributed by atoms with E-state index < -0.39 is 0 Å². The average Bonchev–Trinajstić information content (AvgIpc) is 3.49. The Labute approximate surface area is 204 Å². The molecule has 2 fully saturated rings. The third kappa shape index (κ3) is 3.60. The summed E-state index contributed by atoms with van der Waals surface area (Å²) < 4.78 is 2.20. The maximum Gasteiger partial charge on any atom is 0.170 e. The molecule has 0 spiro atoms. The highest BCUT2D eigenvalue weighted by atomic mass is 35.5. The van der Waals surface area contributed by atoms with Crippen molar-refractivity contribution in [2.24, 2.45) is 0 Å². The Morgan fingerprint density at radius 2 is 1.84 bits per heavy atom. The molecule has 2 aliphatic rings. The van der Waals surface area contributed by atoms with Gasteiger partial charge < -0.3 is 14.8 Å². The van der Waals surface area contributed by atoms with Crippen LogP contribution in [-0.2, 0) is 0 Å². The number of nitrogens with one attached hydrogen (secondary N) is 1. The van der Waals surface area contributed by atoms with Crippen LogP contribution in [0.2, 0.25) is 10.0 Å². The highest BCUT2D eigenvalue weighted by molar-refractivity contribution is 7.80. The molecule has 1 aliphatic carbocycles. The second-order valence-corrected chi connectivity index (χ2v) is 9.88. The molecule has 32 heavy (non-hydrogen) atoms. The minimum atomic E-state index is -0.00640. The molecule has 2 aromatic heterocycles. The van der Waals surface area contributed by atoms with E-state index in [-0.39, 0.29) is 12.1 Å². The number of aromatic nitrogens is 2. The van der Waals surface area contributed by atoms with Crippen molar-refractivity contribution in [3.05, 3.63) is 81.4 Å². The maximum absolute atomic E-state index is 6.61. The Morgan fingerprint density at radius 3 is 2.56 bits per heavy atom. The van der Waals surface area contributed by atoms with E-state index in [0.29, 0.717) is 16.1 Å². The third-order valence-corrected chi connectivity index (χ3v) is 7.95. The van der Waals surface area contributed by atoms with Crippen molar-refractivity contribution in [2.75, 3.05) is 0 Å². The Morgan fingerprint density at radius 1 is 1.06 bits per heavy atom. The van der Waals surface area contributed by atoms with Gasteiger partial charge in [0.1, 0.15) is 0 Å². The van der Waals surface area contributed by atoms with Crippen LogP contribution in [0.1, 0.15) is 60.4 Å². The monoisotopic (exact) mass is 484 g/mol. The predicted molar refractivity (Wildman–Crippen MR) is 135 cm³/mol. The van der Waals surface area contributed by atoms with E-state index in [1.165, 1.54) is 31.2 Å². The van der Waals surface area contributed by atoms with Crippen LogP contribution in [0, 0.1) is 13.8 Å². The van der Waals surface area contributed by atoms with E-state index in [9.17, 15) is 0 Å². The second-order valence-electron chi connectivity index (χ2n) is 8.71. The second kappa shape index (κ2) is 8.69. The number of halogens is 2. The molecular formula is C25H26Cl2N4S. The van der Waals surface area contributed by atoms with Crippen LogP contribution in [0.5, 0.6) is 0 Å². The van der Waals surface area contributed by atoms with Gasteiger partial charge >= 0.3 is 0 Å². The number of nitrogens with zero attached hydrogens (tertiary/aromatic N) is 3. The van der Waals surface area contributed by atoms with Gasteiger partial charge in [-0.2, -0.15) is 0 Å². The predicted octanol–water partition coefficient (Wildman–Crippen LogP) is 6.71. The van der Waals surface area contributed by atoms with Crippen LogP contribution in [-0.4, -0.2) is 25.6 Å². The molecule has 5 rings (SSSR count). The molecule has 4 nitrogen and oxygen atoms in total. The molecular weight excluding hydrogens is 459 g/mol. The van der Waals surface area contributed by atoms with Crippen molar-refractivity contribution < 1.29 is 0 Å². The fourth-order valence-corrected chi connectivity index (χ4v) is 6.17. The molecule has 0 radical (unpaired) electrons. The number of benzene rings is 1. The van der Waals surface area contributed by atoms with Crippen molar-refractivity contribution in [2.45, 2.75) is 57.7 Å². The Balaban J connectivity index is 1.66. The molecule has 0 amide bonds. The van der Waals surface area contributed by atoms with Crippen molar-refractivity contribution in [3.63, 3.8) is 0 Å². The van der Waals surface area contributed by atoms with Crippen molar-refractivity contribution in [1.29, 1.82) is 0 Å². The van der Waals surface area contributed by atoms with Gasteiger partial charge in [0.05, 0.1) is 33.5 Å². The fourth-order valence-electron chi connectivity index (χ4n) is 5.40. The number of aryl methyl sites for hydroxylation is 1. The van der Waals surface area contributed by atoms with Crippen LogP contribution < -0.4 is 5.32 Å². The van der Waals surface area contributed by atoms with Gasteiger partial charge in [-0.25, -0.2) is 0 Å². The lowest BCUT2D eigenvalue weighted by atomic mass is 9.95. The average molecular weight is 485 g/mol. The van der Waals surface area contributed by atoms with Gasteiger partial charge in [-0.15, -0.1) is 0 Å². The number of thiocarbonyl (C=S) groups is 1. The SMILES string of the molecule is Cc1cc([C@H]2[C@H](c3ccccn3)NC(=S)N2C2CCCC2)c(C)n1-c1cccc(Cl)c1Cl. The first-order valence-corrected chi connectivity index (χ1v) is 12.3. The molecule has 1 N–H and O–H groups in total. The summed E-state index contributed by atoms with van der Waals surface area (Å²) in [7, 11) is 0. The van der Waals surface area contributed by atoms with E-state index in [1.807, 2.05) is 36.5 Å². The van der Waals surface area contributed by atoms with Gasteiger partial charge in [-0.05, 0) is 74.8 Å². The Hall–Kier alpha value is -2.08. The molecule has 1 aromatic carbocycles. The van der Waals surface area contributed by atoms with E-state index in [0.717, 1.165) is 27.9 Å². The summed E-state index contributed by atoms with van der Waals surface area (Å²) in [5, 5.41) is 5.55. The Kier molecular flexibility index (Phi) is 5.91.